The van der Waals surface area contributed by atoms with Gasteiger partial charge >= 0.3 is 6.18 Å². The second-order valence-corrected chi connectivity index (χ2v) is 11.4. The summed E-state index contributed by atoms with van der Waals surface area (Å²) in [6.07, 6.45) is -1.95. The standard InChI is InChI=1S/C29H32F3N4O2Si/c1-17-5-7-20(38-27(39)25-9-12-35(25)3)15-22(17)26(37)34-28(10-11-28)23-13-19(36(4)16-29(30,31)32)14-24-21(23)8-6-18(2)33-24/h5-8,13-15,25,27H,9-12,16H2,1-4H3,(H,34,37)/t25-,27?/m0/s1. The van der Waals surface area contributed by atoms with Crippen molar-refractivity contribution < 1.29 is 22.7 Å². The third kappa shape index (κ3) is 5.77. The Labute approximate surface area is 229 Å². The van der Waals surface area contributed by atoms with Crippen LogP contribution in [0, 0.1) is 13.8 Å². The van der Waals surface area contributed by atoms with Gasteiger partial charge < -0.3 is 19.9 Å². The van der Waals surface area contributed by atoms with Crippen molar-refractivity contribution in [3.05, 3.63) is 64.8 Å². The Morgan fingerprint density at radius 1 is 1.23 bits per heavy atom. The number of rotatable bonds is 8. The molecule has 2 heterocycles. The molecule has 1 saturated heterocycles. The fraction of sp³-hybridized carbons (Fsp3) is 0.448. The number of anilines is 1. The number of fused-ring (bicyclic) bond motifs is 1. The lowest BCUT2D eigenvalue weighted by atomic mass is 9.96. The van der Waals surface area contributed by atoms with E-state index >= 15 is 0 Å². The third-order valence-corrected chi connectivity index (χ3v) is 8.32. The summed E-state index contributed by atoms with van der Waals surface area (Å²) in [5, 5.41) is 4.03. The van der Waals surface area contributed by atoms with Gasteiger partial charge in [-0.05, 0) is 88.2 Å². The van der Waals surface area contributed by atoms with E-state index in [-0.39, 0.29) is 17.7 Å². The van der Waals surface area contributed by atoms with E-state index in [9.17, 15) is 18.0 Å². The molecule has 39 heavy (non-hydrogen) atoms. The van der Waals surface area contributed by atoms with Crippen LogP contribution in [0.2, 0.25) is 0 Å². The number of hydrogen-bond donors (Lipinski definition) is 1. The van der Waals surface area contributed by atoms with Crippen molar-refractivity contribution in [3.8, 4) is 5.75 Å². The zero-order valence-corrected chi connectivity index (χ0v) is 23.5. The maximum atomic E-state index is 13.6. The molecule has 3 aromatic rings. The van der Waals surface area contributed by atoms with Crippen LogP contribution < -0.4 is 15.0 Å². The van der Waals surface area contributed by atoms with Crippen LogP contribution in [0.5, 0.6) is 5.75 Å². The van der Waals surface area contributed by atoms with Crippen LogP contribution in [-0.4, -0.2) is 71.2 Å². The molecule has 2 fully saturated rings. The zero-order chi connectivity index (χ0) is 28.1. The minimum atomic E-state index is -4.35. The molecule has 2 atom stereocenters. The Kier molecular flexibility index (Phi) is 7.13. The van der Waals surface area contributed by atoms with Crippen molar-refractivity contribution in [1.82, 2.24) is 15.2 Å². The smallest absolute Gasteiger partial charge is 0.405 e. The molecule has 1 aliphatic carbocycles. The number of hydrogen-bond acceptors (Lipinski definition) is 5. The average Bonchev–Trinajstić information content (AvgIpc) is 3.62. The number of amides is 1. The van der Waals surface area contributed by atoms with Gasteiger partial charge in [-0.2, -0.15) is 13.2 Å². The number of pyridine rings is 1. The summed E-state index contributed by atoms with van der Waals surface area (Å²) in [5.74, 6) is 0.348. The monoisotopic (exact) mass is 553 g/mol. The highest BCUT2D eigenvalue weighted by Gasteiger charge is 2.47. The molecule has 5 rings (SSSR count). The molecule has 205 valence electrons. The quantitative estimate of drug-likeness (QED) is 0.405. The number of carbonyl (C=O) groups is 1. The van der Waals surface area contributed by atoms with E-state index in [2.05, 4.69) is 25.4 Å². The van der Waals surface area contributed by atoms with Crippen molar-refractivity contribution in [3.63, 3.8) is 0 Å². The van der Waals surface area contributed by atoms with Crippen LogP contribution in [0.4, 0.5) is 18.9 Å². The van der Waals surface area contributed by atoms with Crippen LogP contribution >= 0.6 is 0 Å². The lowest BCUT2D eigenvalue weighted by Crippen LogP contribution is -2.53. The molecule has 1 aliphatic heterocycles. The first-order valence-corrected chi connectivity index (χ1v) is 13.6. The van der Waals surface area contributed by atoms with Crippen LogP contribution in [-0.2, 0) is 5.54 Å². The number of carbonyl (C=O) groups excluding carboxylic acids is 1. The number of alkyl halides is 3. The van der Waals surface area contributed by atoms with E-state index in [0.717, 1.165) is 35.2 Å². The van der Waals surface area contributed by atoms with E-state index < -0.39 is 18.3 Å². The van der Waals surface area contributed by atoms with Crippen LogP contribution in [0.3, 0.4) is 0 Å². The molecule has 1 amide bonds. The molecule has 10 heteroatoms. The van der Waals surface area contributed by atoms with Gasteiger partial charge in [-0.3, -0.25) is 9.78 Å². The summed E-state index contributed by atoms with van der Waals surface area (Å²) in [6.45, 7) is 3.66. The topological polar surface area (TPSA) is 57.7 Å². The Bertz CT molecular complexity index is 1410. The maximum Gasteiger partial charge on any atom is 0.405 e. The molecule has 3 radical (unpaired) electrons. The second-order valence-electron chi connectivity index (χ2n) is 10.9. The Morgan fingerprint density at radius 3 is 2.59 bits per heavy atom. The molecule has 1 aromatic heterocycles. The SMILES string of the molecule is Cc1ccc2c(C3(NC(=O)c4cc(OC([Si])[C@@H]5CCN5C)ccc4C)CC3)cc(N(C)CC(F)(F)F)cc2n1. The van der Waals surface area contributed by atoms with Crippen molar-refractivity contribution in [2.75, 3.05) is 32.1 Å². The molecule has 2 aromatic carbocycles. The number of halogens is 3. The normalized spacial score (nSPS) is 19.3. The summed E-state index contributed by atoms with van der Waals surface area (Å²) >= 11 is 0. The van der Waals surface area contributed by atoms with Gasteiger partial charge in [0.25, 0.3) is 5.91 Å². The Morgan fingerprint density at radius 2 is 1.97 bits per heavy atom. The average molecular weight is 554 g/mol. The molecule has 1 saturated carbocycles. The number of aromatic nitrogens is 1. The number of likely N-dealkylation sites (tertiary alicyclic amines) is 1. The van der Waals surface area contributed by atoms with Gasteiger partial charge in [-0.15, -0.1) is 0 Å². The number of aryl methyl sites for hydroxylation is 2. The first-order chi connectivity index (χ1) is 18.3. The van der Waals surface area contributed by atoms with Crippen LogP contribution in [0.1, 0.15) is 46.4 Å². The number of nitrogens with zero attached hydrogens (tertiary/aromatic N) is 3. The van der Waals surface area contributed by atoms with Gasteiger partial charge in [0.15, 0.2) is 0 Å². The predicted octanol–water partition coefficient (Wildman–Crippen LogP) is 4.85. The molecule has 2 aliphatic rings. The van der Waals surface area contributed by atoms with Crippen molar-refractivity contribution in [1.29, 1.82) is 0 Å². The van der Waals surface area contributed by atoms with E-state index in [0.29, 0.717) is 35.4 Å². The fourth-order valence-electron chi connectivity index (χ4n) is 5.23. The predicted molar refractivity (Wildman–Crippen MR) is 147 cm³/mol. The van der Waals surface area contributed by atoms with Crippen molar-refractivity contribution in [2.45, 2.75) is 56.6 Å². The second kappa shape index (κ2) is 10.1. The summed E-state index contributed by atoms with van der Waals surface area (Å²) in [7, 11) is 7.14. The molecule has 1 N–H and O–H groups in total. The molecule has 6 nitrogen and oxygen atoms in total. The summed E-state index contributed by atoms with van der Waals surface area (Å²) in [6, 6.07) is 13.0. The largest absolute Gasteiger partial charge is 0.493 e. The number of nitrogens with one attached hydrogen (secondary N) is 1. The van der Waals surface area contributed by atoms with Crippen LogP contribution in [0.25, 0.3) is 10.9 Å². The lowest BCUT2D eigenvalue weighted by molar-refractivity contribution is -0.119. The minimum absolute atomic E-state index is 0.198. The highest BCUT2D eigenvalue weighted by molar-refractivity contribution is 6.11. The summed E-state index contributed by atoms with van der Waals surface area (Å²) in [5.41, 5.74) is 2.99. The molecular formula is C29H32F3N4O2Si. The van der Waals surface area contributed by atoms with E-state index in [1.54, 1.807) is 18.2 Å². The summed E-state index contributed by atoms with van der Waals surface area (Å²) < 4.78 is 45.6. The fourth-order valence-corrected chi connectivity index (χ4v) is 5.79. The van der Waals surface area contributed by atoms with Gasteiger partial charge in [0.05, 0.1) is 27.0 Å². The van der Waals surface area contributed by atoms with Gasteiger partial charge in [0.2, 0.25) is 0 Å². The maximum absolute atomic E-state index is 13.6. The van der Waals surface area contributed by atoms with Gasteiger partial charge in [0.1, 0.15) is 12.3 Å². The van der Waals surface area contributed by atoms with Gasteiger partial charge in [-0.1, -0.05) is 12.1 Å². The van der Waals surface area contributed by atoms with Crippen molar-refractivity contribution >= 4 is 32.7 Å². The first kappa shape index (κ1) is 27.5. The first-order valence-electron chi connectivity index (χ1n) is 13.1. The number of ether oxygens (including phenoxy) is 1. The number of likely N-dealkylation sites (N-methyl/N-ethyl adjacent to an activating group) is 1. The molecular weight excluding hydrogens is 521 g/mol. The zero-order valence-electron chi connectivity index (χ0n) is 22.5. The Balaban J connectivity index is 1.44. The number of benzene rings is 2. The third-order valence-electron chi connectivity index (χ3n) is 7.82. The van der Waals surface area contributed by atoms with Gasteiger partial charge in [-0.25, -0.2) is 0 Å². The van der Waals surface area contributed by atoms with E-state index in [1.807, 2.05) is 45.2 Å². The summed E-state index contributed by atoms with van der Waals surface area (Å²) in [4.78, 5) is 21.6. The van der Waals surface area contributed by atoms with Crippen LogP contribution in [0.15, 0.2) is 42.5 Å². The minimum Gasteiger partial charge on any atom is -0.493 e. The lowest BCUT2D eigenvalue weighted by Gasteiger charge is -2.41. The van der Waals surface area contributed by atoms with Gasteiger partial charge in [0, 0.05) is 35.4 Å². The molecule has 0 spiro atoms. The highest BCUT2D eigenvalue weighted by atomic mass is 28.1. The highest BCUT2D eigenvalue weighted by Crippen LogP contribution is 2.49. The molecule has 1 unspecified atom stereocenters. The Hall–Kier alpha value is -3.11. The molecule has 0 bridgehead atoms. The van der Waals surface area contributed by atoms with Crippen molar-refractivity contribution in [2.24, 2.45) is 0 Å². The van der Waals surface area contributed by atoms with E-state index in [4.69, 9.17) is 4.74 Å². The van der Waals surface area contributed by atoms with E-state index in [1.165, 1.54) is 11.9 Å².